The van der Waals surface area contributed by atoms with Gasteiger partial charge in [-0.05, 0) is 43.6 Å². The fraction of sp³-hybridized carbons (Fsp3) is 0.350. The molecule has 4 heteroatoms. The van der Waals surface area contributed by atoms with Crippen LogP contribution in [-0.4, -0.2) is 31.0 Å². The average Bonchev–Trinajstić information content (AvgIpc) is 2.63. The van der Waals surface area contributed by atoms with Crippen molar-refractivity contribution in [3.05, 3.63) is 60.2 Å². The normalized spacial score (nSPS) is 15.9. The molecule has 1 aliphatic heterocycles. The van der Waals surface area contributed by atoms with Crippen LogP contribution in [0, 0.1) is 5.92 Å². The molecule has 126 valence electrons. The molecule has 3 rings (SSSR count). The van der Waals surface area contributed by atoms with Crippen molar-refractivity contribution in [1.82, 2.24) is 4.90 Å². The number of hydrogen-bond donors (Lipinski definition) is 1. The molecule has 0 spiro atoms. The summed E-state index contributed by atoms with van der Waals surface area (Å²) < 4.78 is 5.29. The summed E-state index contributed by atoms with van der Waals surface area (Å²) in [7, 11) is 1.62. The molecule has 2 aromatic carbocycles. The first kappa shape index (κ1) is 16.5. The maximum absolute atomic E-state index is 12.5. The van der Waals surface area contributed by atoms with E-state index in [0.717, 1.165) is 38.2 Å². The molecule has 4 nitrogen and oxygen atoms in total. The number of nitrogens with one attached hydrogen (secondary N) is 1. The van der Waals surface area contributed by atoms with Crippen LogP contribution < -0.4 is 10.1 Å². The van der Waals surface area contributed by atoms with Gasteiger partial charge in [0, 0.05) is 12.5 Å². The van der Waals surface area contributed by atoms with Gasteiger partial charge in [0.25, 0.3) is 0 Å². The number of piperidine rings is 1. The lowest BCUT2D eigenvalue weighted by atomic mass is 9.95. The van der Waals surface area contributed by atoms with Crippen molar-refractivity contribution in [1.29, 1.82) is 0 Å². The zero-order chi connectivity index (χ0) is 16.8. The van der Waals surface area contributed by atoms with Crippen molar-refractivity contribution in [2.75, 3.05) is 25.5 Å². The summed E-state index contributed by atoms with van der Waals surface area (Å²) in [6, 6.07) is 18.0. The number of rotatable bonds is 5. The standard InChI is InChI=1S/C20H24N2O2/c1-24-19-10-6-5-9-18(19)21-20(23)17-11-13-22(14-12-17)15-16-7-3-2-4-8-16/h2-10,17H,11-15H2,1H3,(H,21,23). The van der Waals surface area contributed by atoms with Gasteiger partial charge < -0.3 is 10.1 Å². The molecule has 0 aliphatic carbocycles. The first-order chi connectivity index (χ1) is 11.8. The number of amides is 1. The molecule has 24 heavy (non-hydrogen) atoms. The van der Waals surface area contributed by atoms with Gasteiger partial charge in [0.15, 0.2) is 0 Å². The molecule has 0 aromatic heterocycles. The van der Waals surface area contributed by atoms with Gasteiger partial charge in [-0.3, -0.25) is 9.69 Å². The number of carbonyl (C=O) groups excluding carboxylic acids is 1. The fourth-order valence-corrected chi connectivity index (χ4v) is 3.18. The van der Waals surface area contributed by atoms with Crippen molar-refractivity contribution >= 4 is 11.6 Å². The predicted molar refractivity (Wildman–Crippen MR) is 96.1 cm³/mol. The van der Waals surface area contributed by atoms with Gasteiger partial charge in [-0.1, -0.05) is 42.5 Å². The van der Waals surface area contributed by atoms with E-state index in [4.69, 9.17) is 4.74 Å². The molecule has 1 amide bonds. The maximum atomic E-state index is 12.5. The summed E-state index contributed by atoms with van der Waals surface area (Å²) in [6.07, 6.45) is 1.79. The molecule has 0 bridgehead atoms. The minimum absolute atomic E-state index is 0.0712. The van der Waals surface area contributed by atoms with E-state index in [0.29, 0.717) is 5.75 Å². The van der Waals surface area contributed by atoms with E-state index in [1.807, 2.05) is 30.3 Å². The summed E-state index contributed by atoms with van der Waals surface area (Å²) in [5, 5.41) is 3.01. The van der Waals surface area contributed by atoms with Gasteiger partial charge in [-0.15, -0.1) is 0 Å². The highest BCUT2D eigenvalue weighted by atomic mass is 16.5. The number of nitrogens with zero attached hydrogens (tertiary/aromatic N) is 1. The SMILES string of the molecule is COc1ccccc1NC(=O)C1CCN(Cc2ccccc2)CC1. The third-order valence-corrected chi connectivity index (χ3v) is 4.57. The van der Waals surface area contributed by atoms with Crippen LogP contribution >= 0.6 is 0 Å². The molecule has 0 saturated carbocycles. The Kier molecular flexibility index (Phi) is 5.49. The molecule has 1 aliphatic rings. The Morgan fingerprint density at radius 2 is 1.75 bits per heavy atom. The van der Waals surface area contributed by atoms with Crippen LogP contribution in [0.2, 0.25) is 0 Å². The summed E-state index contributed by atoms with van der Waals surface area (Å²) >= 11 is 0. The molecule has 2 aromatic rings. The molecule has 1 heterocycles. The molecule has 0 atom stereocenters. The number of hydrogen-bond acceptors (Lipinski definition) is 3. The molecule has 1 fully saturated rings. The molecule has 0 unspecified atom stereocenters. The van der Waals surface area contributed by atoms with Crippen LogP contribution in [0.1, 0.15) is 18.4 Å². The number of benzene rings is 2. The zero-order valence-electron chi connectivity index (χ0n) is 14.1. The second kappa shape index (κ2) is 7.97. The Hall–Kier alpha value is -2.33. The number of methoxy groups -OCH3 is 1. The van der Waals surface area contributed by atoms with Gasteiger partial charge in [-0.25, -0.2) is 0 Å². The molecule has 0 radical (unpaired) electrons. The number of anilines is 1. The first-order valence-electron chi connectivity index (χ1n) is 8.46. The van der Waals surface area contributed by atoms with E-state index in [1.165, 1.54) is 5.56 Å². The Balaban J connectivity index is 1.52. The Morgan fingerprint density at radius 1 is 1.08 bits per heavy atom. The topological polar surface area (TPSA) is 41.6 Å². The van der Waals surface area contributed by atoms with Gasteiger partial charge in [-0.2, -0.15) is 0 Å². The summed E-state index contributed by atoms with van der Waals surface area (Å²) in [4.78, 5) is 14.9. The summed E-state index contributed by atoms with van der Waals surface area (Å²) in [6.45, 7) is 2.87. The highest BCUT2D eigenvalue weighted by molar-refractivity contribution is 5.94. The van der Waals surface area contributed by atoms with Gasteiger partial charge >= 0.3 is 0 Å². The van der Waals surface area contributed by atoms with Crippen molar-refractivity contribution in [3.63, 3.8) is 0 Å². The van der Waals surface area contributed by atoms with Crippen LogP contribution in [0.25, 0.3) is 0 Å². The van der Waals surface area contributed by atoms with Crippen LogP contribution in [-0.2, 0) is 11.3 Å². The lowest BCUT2D eigenvalue weighted by Gasteiger charge is -2.31. The van der Waals surface area contributed by atoms with E-state index in [2.05, 4.69) is 34.5 Å². The number of para-hydroxylation sites is 2. The highest BCUT2D eigenvalue weighted by Crippen LogP contribution is 2.26. The summed E-state index contributed by atoms with van der Waals surface area (Å²) in [5.74, 6) is 0.869. The lowest BCUT2D eigenvalue weighted by Crippen LogP contribution is -2.37. The number of carbonyl (C=O) groups is 1. The van der Waals surface area contributed by atoms with Crippen molar-refractivity contribution in [3.8, 4) is 5.75 Å². The molecular formula is C20H24N2O2. The fourth-order valence-electron chi connectivity index (χ4n) is 3.18. The molecule has 1 saturated heterocycles. The van der Waals surface area contributed by atoms with Gasteiger partial charge in [0.1, 0.15) is 5.75 Å². The summed E-state index contributed by atoms with van der Waals surface area (Å²) in [5.41, 5.74) is 2.08. The van der Waals surface area contributed by atoms with E-state index in [9.17, 15) is 4.79 Å². The Labute approximate surface area is 143 Å². The highest BCUT2D eigenvalue weighted by Gasteiger charge is 2.25. The quantitative estimate of drug-likeness (QED) is 0.914. The van der Waals surface area contributed by atoms with Crippen molar-refractivity contribution < 1.29 is 9.53 Å². The van der Waals surface area contributed by atoms with E-state index < -0.39 is 0 Å². The first-order valence-corrected chi connectivity index (χ1v) is 8.46. The largest absolute Gasteiger partial charge is 0.495 e. The lowest BCUT2D eigenvalue weighted by molar-refractivity contribution is -0.121. The van der Waals surface area contributed by atoms with Crippen LogP contribution in [0.3, 0.4) is 0 Å². The van der Waals surface area contributed by atoms with Crippen LogP contribution in [0.15, 0.2) is 54.6 Å². The van der Waals surface area contributed by atoms with Crippen LogP contribution in [0.4, 0.5) is 5.69 Å². The number of ether oxygens (including phenoxy) is 1. The van der Waals surface area contributed by atoms with Crippen LogP contribution in [0.5, 0.6) is 5.75 Å². The minimum Gasteiger partial charge on any atom is -0.495 e. The number of likely N-dealkylation sites (tertiary alicyclic amines) is 1. The maximum Gasteiger partial charge on any atom is 0.227 e. The average molecular weight is 324 g/mol. The molecular weight excluding hydrogens is 300 g/mol. The van der Waals surface area contributed by atoms with E-state index in [-0.39, 0.29) is 11.8 Å². The third-order valence-electron chi connectivity index (χ3n) is 4.57. The Bertz CT molecular complexity index is 664. The zero-order valence-corrected chi connectivity index (χ0v) is 14.1. The molecule has 1 N–H and O–H groups in total. The predicted octanol–water partition coefficient (Wildman–Crippen LogP) is 3.55. The van der Waals surface area contributed by atoms with Crippen molar-refractivity contribution in [2.45, 2.75) is 19.4 Å². The smallest absolute Gasteiger partial charge is 0.227 e. The Morgan fingerprint density at radius 3 is 2.46 bits per heavy atom. The van der Waals surface area contributed by atoms with Gasteiger partial charge in [0.05, 0.1) is 12.8 Å². The van der Waals surface area contributed by atoms with Gasteiger partial charge in [0.2, 0.25) is 5.91 Å². The second-order valence-electron chi connectivity index (χ2n) is 6.23. The third kappa shape index (κ3) is 4.15. The van der Waals surface area contributed by atoms with E-state index >= 15 is 0 Å². The second-order valence-corrected chi connectivity index (χ2v) is 6.23. The monoisotopic (exact) mass is 324 g/mol. The van der Waals surface area contributed by atoms with Crippen molar-refractivity contribution in [2.24, 2.45) is 5.92 Å². The minimum atomic E-state index is 0.0712. The van der Waals surface area contributed by atoms with E-state index in [1.54, 1.807) is 7.11 Å².